The first-order valence-corrected chi connectivity index (χ1v) is 7.29. The maximum absolute atomic E-state index is 12.7. The van der Waals surface area contributed by atoms with Crippen molar-refractivity contribution >= 4 is 12.1 Å². The monoisotopic (exact) mass is 247 g/mol. The van der Waals surface area contributed by atoms with E-state index >= 15 is 0 Å². The molecule has 18 heavy (non-hydrogen) atoms. The minimum absolute atomic E-state index is 0.0391. The summed E-state index contributed by atoms with van der Waals surface area (Å²) in [6.45, 7) is 5.96. The highest BCUT2D eigenvalue weighted by Gasteiger charge is 2.60. The number of carbonyl (C=O) groups is 1. The SMILES string of the molecule is CC(C)(C)C(=O)C1C2CC3CC(C2)CC1([C]=O)C3. The fraction of sp³-hybridized carbons (Fsp3) is 0.875. The molecule has 0 aromatic heterocycles. The van der Waals surface area contributed by atoms with Crippen LogP contribution in [0.1, 0.15) is 52.9 Å². The van der Waals surface area contributed by atoms with Crippen molar-refractivity contribution in [2.45, 2.75) is 52.9 Å². The van der Waals surface area contributed by atoms with Crippen molar-refractivity contribution in [1.82, 2.24) is 0 Å². The molecular weight excluding hydrogens is 224 g/mol. The van der Waals surface area contributed by atoms with Crippen LogP contribution < -0.4 is 0 Å². The molecular formula is C16H23O2. The molecule has 4 rings (SSSR count). The lowest BCUT2D eigenvalue weighted by Gasteiger charge is -2.59. The van der Waals surface area contributed by atoms with Crippen molar-refractivity contribution in [1.29, 1.82) is 0 Å². The molecule has 4 aliphatic rings. The zero-order valence-corrected chi connectivity index (χ0v) is 11.7. The molecule has 3 unspecified atom stereocenters. The van der Waals surface area contributed by atoms with Gasteiger partial charge in [0.05, 0.1) is 0 Å². The van der Waals surface area contributed by atoms with E-state index in [1.807, 2.05) is 20.8 Å². The summed E-state index contributed by atoms with van der Waals surface area (Å²) in [6, 6.07) is 0. The number of Topliss-reactive ketones (excluding diaryl/α,β-unsaturated/α-hetero) is 1. The molecule has 4 aliphatic carbocycles. The third-order valence-electron chi connectivity index (χ3n) is 5.54. The van der Waals surface area contributed by atoms with Crippen molar-refractivity contribution in [2.24, 2.45) is 34.5 Å². The Morgan fingerprint density at radius 3 is 2.11 bits per heavy atom. The van der Waals surface area contributed by atoms with Crippen LogP contribution in [0.15, 0.2) is 0 Å². The average Bonchev–Trinajstić information content (AvgIpc) is 2.26. The van der Waals surface area contributed by atoms with Gasteiger partial charge < -0.3 is 0 Å². The molecule has 4 saturated carbocycles. The van der Waals surface area contributed by atoms with E-state index < -0.39 is 5.41 Å². The number of hydrogen-bond acceptors (Lipinski definition) is 2. The van der Waals surface area contributed by atoms with Crippen LogP contribution in [0.4, 0.5) is 0 Å². The first-order chi connectivity index (χ1) is 8.36. The molecule has 99 valence electrons. The van der Waals surface area contributed by atoms with Gasteiger partial charge in [-0.25, -0.2) is 0 Å². The molecule has 3 atom stereocenters. The highest BCUT2D eigenvalue weighted by atomic mass is 16.1. The van der Waals surface area contributed by atoms with Crippen LogP contribution in [0.3, 0.4) is 0 Å². The van der Waals surface area contributed by atoms with Gasteiger partial charge in [0.15, 0.2) is 0 Å². The highest BCUT2D eigenvalue weighted by molar-refractivity contribution is 5.90. The summed E-state index contributed by atoms with van der Waals surface area (Å²) in [5.74, 6) is 2.10. The van der Waals surface area contributed by atoms with E-state index in [0.29, 0.717) is 23.5 Å². The molecule has 4 bridgehead atoms. The van der Waals surface area contributed by atoms with E-state index in [-0.39, 0.29) is 11.3 Å². The summed E-state index contributed by atoms with van der Waals surface area (Å²) in [4.78, 5) is 24.4. The molecule has 0 aliphatic heterocycles. The van der Waals surface area contributed by atoms with Gasteiger partial charge in [0.1, 0.15) is 5.78 Å². The Labute approximate surface area is 110 Å². The first kappa shape index (κ1) is 12.4. The average molecular weight is 247 g/mol. The summed E-state index contributed by atoms with van der Waals surface area (Å²) in [5, 5.41) is 0. The standard InChI is InChI=1S/C16H23O2/c1-15(2,3)14(18)13-12-5-10-4-11(6-12)8-16(13,7-10)9-17/h10-13H,4-8H2,1-3H3. The Morgan fingerprint density at radius 1 is 1.11 bits per heavy atom. The lowest BCUT2D eigenvalue weighted by molar-refractivity contribution is -0.149. The van der Waals surface area contributed by atoms with Gasteiger partial charge >= 0.3 is 0 Å². The van der Waals surface area contributed by atoms with Gasteiger partial charge in [-0.2, -0.15) is 0 Å². The second kappa shape index (κ2) is 3.68. The minimum atomic E-state index is -0.418. The molecule has 0 amide bonds. The molecule has 0 N–H and O–H groups in total. The van der Waals surface area contributed by atoms with E-state index in [9.17, 15) is 9.59 Å². The van der Waals surface area contributed by atoms with E-state index in [0.717, 1.165) is 12.8 Å². The summed E-state index contributed by atoms with van der Waals surface area (Å²) in [6.07, 6.45) is 7.83. The van der Waals surface area contributed by atoms with Crippen LogP contribution in [0.25, 0.3) is 0 Å². The maximum atomic E-state index is 12.7. The number of hydrogen-bond donors (Lipinski definition) is 0. The van der Waals surface area contributed by atoms with E-state index in [4.69, 9.17) is 0 Å². The van der Waals surface area contributed by atoms with Gasteiger partial charge in [-0.15, -0.1) is 0 Å². The molecule has 4 fully saturated rings. The number of rotatable bonds is 2. The van der Waals surface area contributed by atoms with Crippen molar-refractivity contribution in [3.05, 3.63) is 0 Å². The maximum Gasteiger partial charge on any atom is 0.205 e. The Kier molecular flexibility index (Phi) is 2.53. The molecule has 0 saturated heterocycles. The van der Waals surface area contributed by atoms with Gasteiger partial charge in [0.2, 0.25) is 6.29 Å². The van der Waals surface area contributed by atoms with Crippen LogP contribution >= 0.6 is 0 Å². The zero-order chi connectivity index (χ0) is 13.1. The van der Waals surface area contributed by atoms with Crippen molar-refractivity contribution in [2.75, 3.05) is 0 Å². The van der Waals surface area contributed by atoms with Crippen molar-refractivity contribution < 1.29 is 9.59 Å². The largest absolute Gasteiger partial charge is 0.299 e. The fourth-order valence-electron chi connectivity index (χ4n) is 5.12. The van der Waals surface area contributed by atoms with Crippen LogP contribution in [-0.4, -0.2) is 12.1 Å². The minimum Gasteiger partial charge on any atom is -0.299 e. The van der Waals surface area contributed by atoms with Gasteiger partial charge in [-0.3, -0.25) is 9.59 Å². The third-order valence-corrected chi connectivity index (χ3v) is 5.54. The quantitative estimate of drug-likeness (QED) is 0.751. The van der Waals surface area contributed by atoms with Crippen LogP contribution in [-0.2, 0) is 9.59 Å². The van der Waals surface area contributed by atoms with Crippen LogP contribution in [0.2, 0.25) is 0 Å². The molecule has 2 heteroatoms. The Morgan fingerprint density at radius 2 is 1.67 bits per heavy atom. The van der Waals surface area contributed by atoms with Crippen molar-refractivity contribution in [3.8, 4) is 0 Å². The number of ketones is 1. The predicted molar refractivity (Wildman–Crippen MR) is 69.6 cm³/mol. The summed E-state index contributed by atoms with van der Waals surface area (Å²) < 4.78 is 0. The fourth-order valence-corrected chi connectivity index (χ4v) is 5.12. The lowest BCUT2D eigenvalue weighted by atomic mass is 9.44. The van der Waals surface area contributed by atoms with Gasteiger partial charge in [-0.1, -0.05) is 20.8 Å². The van der Waals surface area contributed by atoms with E-state index in [1.165, 1.54) is 19.3 Å². The lowest BCUT2D eigenvalue weighted by Crippen LogP contribution is -2.57. The normalized spacial score (nSPS) is 46.2. The second-order valence-corrected chi connectivity index (χ2v) is 7.96. The Bertz CT molecular complexity index is 376. The Balaban J connectivity index is 1.98. The van der Waals surface area contributed by atoms with Crippen LogP contribution in [0.5, 0.6) is 0 Å². The Hall–Kier alpha value is -0.660. The smallest absolute Gasteiger partial charge is 0.205 e. The van der Waals surface area contributed by atoms with Gasteiger partial charge in [0.25, 0.3) is 0 Å². The summed E-state index contributed by atoms with van der Waals surface area (Å²) >= 11 is 0. The molecule has 0 spiro atoms. The number of carbonyl (C=O) groups excluding carboxylic acids is 2. The van der Waals surface area contributed by atoms with Crippen LogP contribution in [0, 0.1) is 34.5 Å². The van der Waals surface area contributed by atoms with Gasteiger partial charge in [0, 0.05) is 16.7 Å². The van der Waals surface area contributed by atoms with E-state index in [2.05, 4.69) is 6.29 Å². The van der Waals surface area contributed by atoms with Crippen molar-refractivity contribution in [3.63, 3.8) is 0 Å². The highest BCUT2D eigenvalue weighted by Crippen LogP contribution is 2.63. The topological polar surface area (TPSA) is 34.1 Å². The first-order valence-electron chi connectivity index (χ1n) is 7.29. The van der Waals surface area contributed by atoms with E-state index in [1.54, 1.807) is 0 Å². The zero-order valence-electron chi connectivity index (χ0n) is 11.7. The molecule has 0 heterocycles. The molecule has 1 radical (unpaired) electrons. The van der Waals surface area contributed by atoms with Gasteiger partial charge in [-0.05, 0) is 49.9 Å². The molecule has 0 aromatic carbocycles. The molecule has 2 nitrogen and oxygen atoms in total. The summed E-state index contributed by atoms with van der Waals surface area (Å²) in [7, 11) is 0. The molecule has 0 aromatic rings. The third kappa shape index (κ3) is 1.60. The summed E-state index contributed by atoms with van der Waals surface area (Å²) in [5.41, 5.74) is -0.747. The second-order valence-electron chi connectivity index (χ2n) is 7.96. The predicted octanol–water partition coefficient (Wildman–Crippen LogP) is 3.15.